The van der Waals surface area contributed by atoms with Crippen LogP contribution >= 0.6 is 11.8 Å². The summed E-state index contributed by atoms with van der Waals surface area (Å²) >= 11 is 1.59. The lowest BCUT2D eigenvalue weighted by Crippen LogP contribution is -2.39. The molecule has 2 aromatic rings. The molecule has 1 saturated heterocycles. The predicted molar refractivity (Wildman–Crippen MR) is 127 cm³/mol. The highest BCUT2D eigenvalue weighted by molar-refractivity contribution is 8.00. The van der Waals surface area contributed by atoms with Gasteiger partial charge in [-0.2, -0.15) is 0 Å². The maximum absolute atomic E-state index is 12.5. The van der Waals surface area contributed by atoms with Crippen LogP contribution in [-0.4, -0.2) is 48.1 Å². The second-order valence-corrected chi connectivity index (χ2v) is 9.44. The monoisotopic (exact) mass is 437 g/mol. The molecule has 1 N–H and O–H groups in total. The van der Waals surface area contributed by atoms with Crippen molar-refractivity contribution in [1.29, 1.82) is 0 Å². The number of likely N-dealkylation sites (tertiary alicyclic amines) is 1. The Hall–Kier alpha value is -2.31. The molecule has 2 aliphatic heterocycles. The summed E-state index contributed by atoms with van der Waals surface area (Å²) in [6, 6.07) is 16.3. The van der Waals surface area contributed by atoms with Crippen LogP contribution in [0.4, 0.5) is 5.69 Å². The fraction of sp³-hybridized carbons (Fsp3) is 0.440. The zero-order chi connectivity index (χ0) is 21.6. The fourth-order valence-corrected chi connectivity index (χ4v) is 5.28. The van der Waals surface area contributed by atoms with Gasteiger partial charge in [0.1, 0.15) is 0 Å². The van der Waals surface area contributed by atoms with Gasteiger partial charge in [-0.05, 0) is 62.6 Å². The number of nitrogens with zero attached hydrogens (tertiary/aromatic N) is 2. The quantitative estimate of drug-likeness (QED) is 0.656. The van der Waals surface area contributed by atoms with Crippen LogP contribution in [0.5, 0.6) is 0 Å². The van der Waals surface area contributed by atoms with E-state index in [0.29, 0.717) is 30.4 Å². The summed E-state index contributed by atoms with van der Waals surface area (Å²) in [5.41, 5.74) is 2.65. The topological polar surface area (TPSA) is 52.7 Å². The molecule has 0 bridgehead atoms. The minimum absolute atomic E-state index is 0.0333. The van der Waals surface area contributed by atoms with E-state index in [2.05, 4.69) is 23.2 Å². The summed E-state index contributed by atoms with van der Waals surface area (Å²) in [5, 5.41) is 3.04. The Bertz CT molecular complexity index is 915. The van der Waals surface area contributed by atoms with Gasteiger partial charge in [-0.1, -0.05) is 30.7 Å². The zero-order valence-corrected chi connectivity index (χ0v) is 19.0. The first-order chi connectivity index (χ1) is 15.1. The molecule has 0 radical (unpaired) electrons. The standard InChI is InChI=1S/C25H31N3O2S/c1-19-7-4-5-15-27(19)16-6-14-26-25(30)21-12-10-20(11-13-21)17-28-22-8-2-3-9-23(22)31-18-24(28)29/h2-3,8-13,19H,4-7,14-18H2,1H3,(H,26,30). The van der Waals surface area contributed by atoms with E-state index in [4.69, 9.17) is 0 Å². The average Bonchev–Trinajstić information content (AvgIpc) is 2.80. The smallest absolute Gasteiger partial charge is 0.251 e. The van der Waals surface area contributed by atoms with Gasteiger partial charge in [0.25, 0.3) is 5.91 Å². The van der Waals surface area contributed by atoms with Gasteiger partial charge < -0.3 is 15.1 Å². The third-order valence-corrected chi connectivity index (χ3v) is 7.26. The minimum atomic E-state index is -0.0333. The third-order valence-electron chi connectivity index (χ3n) is 6.21. The lowest BCUT2D eigenvalue weighted by molar-refractivity contribution is -0.116. The van der Waals surface area contributed by atoms with Crippen molar-refractivity contribution in [1.82, 2.24) is 10.2 Å². The Morgan fingerprint density at radius 1 is 1.13 bits per heavy atom. The van der Waals surface area contributed by atoms with Crippen molar-refractivity contribution in [2.45, 2.75) is 50.1 Å². The molecule has 164 valence electrons. The minimum Gasteiger partial charge on any atom is -0.352 e. The van der Waals surface area contributed by atoms with Crippen molar-refractivity contribution in [3.63, 3.8) is 0 Å². The van der Waals surface area contributed by atoms with Gasteiger partial charge in [0.2, 0.25) is 5.91 Å². The van der Waals surface area contributed by atoms with Gasteiger partial charge in [-0.3, -0.25) is 9.59 Å². The lowest BCUT2D eigenvalue weighted by Gasteiger charge is -2.33. The van der Waals surface area contributed by atoms with Crippen molar-refractivity contribution < 1.29 is 9.59 Å². The summed E-state index contributed by atoms with van der Waals surface area (Å²) in [5.74, 6) is 0.552. The first-order valence-corrected chi connectivity index (χ1v) is 12.2. The second-order valence-electron chi connectivity index (χ2n) is 8.42. The highest BCUT2D eigenvalue weighted by atomic mass is 32.2. The van der Waals surface area contributed by atoms with E-state index in [1.165, 1.54) is 25.8 Å². The fourth-order valence-electron chi connectivity index (χ4n) is 4.35. The highest BCUT2D eigenvalue weighted by Gasteiger charge is 2.24. The molecule has 31 heavy (non-hydrogen) atoms. The van der Waals surface area contributed by atoms with Crippen LogP contribution in [0.3, 0.4) is 0 Å². The number of para-hydroxylation sites is 1. The van der Waals surface area contributed by atoms with Gasteiger partial charge in [-0.15, -0.1) is 11.8 Å². The Morgan fingerprint density at radius 2 is 1.94 bits per heavy atom. The van der Waals surface area contributed by atoms with Crippen molar-refractivity contribution >= 4 is 29.3 Å². The highest BCUT2D eigenvalue weighted by Crippen LogP contribution is 2.35. The molecule has 1 fully saturated rings. The molecule has 1 atom stereocenters. The average molecular weight is 438 g/mol. The van der Waals surface area contributed by atoms with Gasteiger partial charge in [-0.25, -0.2) is 0 Å². The van der Waals surface area contributed by atoms with Crippen LogP contribution in [-0.2, 0) is 11.3 Å². The molecule has 0 aliphatic carbocycles. The molecular weight excluding hydrogens is 406 g/mol. The number of amides is 2. The van der Waals surface area contributed by atoms with E-state index in [-0.39, 0.29) is 11.8 Å². The van der Waals surface area contributed by atoms with Gasteiger partial charge in [0.05, 0.1) is 18.0 Å². The maximum atomic E-state index is 12.5. The Labute approximate surface area is 189 Å². The molecule has 2 amide bonds. The van der Waals surface area contributed by atoms with Crippen LogP contribution in [0, 0.1) is 0 Å². The number of rotatable bonds is 7. The van der Waals surface area contributed by atoms with Gasteiger partial charge >= 0.3 is 0 Å². The number of piperidine rings is 1. The number of thioether (sulfide) groups is 1. The zero-order valence-electron chi connectivity index (χ0n) is 18.2. The number of anilines is 1. The molecule has 2 heterocycles. The molecule has 0 saturated carbocycles. The van der Waals surface area contributed by atoms with Gasteiger partial charge in [0, 0.05) is 29.6 Å². The van der Waals surface area contributed by atoms with E-state index in [1.807, 2.05) is 47.4 Å². The number of fused-ring (bicyclic) bond motifs is 1. The third kappa shape index (κ3) is 5.49. The van der Waals surface area contributed by atoms with Crippen molar-refractivity contribution in [2.24, 2.45) is 0 Å². The summed E-state index contributed by atoms with van der Waals surface area (Å²) in [4.78, 5) is 30.4. The summed E-state index contributed by atoms with van der Waals surface area (Å²) in [7, 11) is 0. The van der Waals surface area contributed by atoms with E-state index in [0.717, 1.165) is 29.1 Å². The Balaban J connectivity index is 1.28. The first kappa shape index (κ1) is 21.9. The Morgan fingerprint density at radius 3 is 2.74 bits per heavy atom. The van der Waals surface area contributed by atoms with Gasteiger partial charge in [0.15, 0.2) is 0 Å². The summed E-state index contributed by atoms with van der Waals surface area (Å²) < 4.78 is 0. The molecule has 0 aromatic heterocycles. The number of nitrogens with one attached hydrogen (secondary N) is 1. The van der Waals surface area contributed by atoms with E-state index < -0.39 is 0 Å². The maximum Gasteiger partial charge on any atom is 0.251 e. The molecular formula is C25H31N3O2S. The number of benzene rings is 2. The first-order valence-electron chi connectivity index (χ1n) is 11.3. The Kier molecular flexibility index (Phi) is 7.30. The number of hydrogen-bond acceptors (Lipinski definition) is 4. The molecule has 5 nitrogen and oxygen atoms in total. The number of carbonyl (C=O) groups excluding carboxylic acids is 2. The summed E-state index contributed by atoms with van der Waals surface area (Å²) in [6.07, 6.45) is 4.88. The normalized spacial score (nSPS) is 19.2. The van der Waals surface area contributed by atoms with Crippen LogP contribution in [0.15, 0.2) is 53.4 Å². The molecule has 1 unspecified atom stereocenters. The van der Waals surface area contributed by atoms with E-state index in [9.17, 15) is 9.59 Å². The number of hydrogen-bond donors (Lipinski definition) is 1. The lowest BCUT2D eigenvalue weighted by atomic mass is 10.0. The van der Waals surface area contributed by atoms with Crippen molar-refractivity contribution in [3.8, 4) is 0 Å². The molecule has 4 rings (SSSR count). The largest absolute Gasteiger partial charge is 0.352 e. The van der Waals surface area contributed by atoms with Crippen LogP contribution in [0.2, 0.25) is 0 Å². The molecule has 0 spiro atoms. The van der Waals surface area contributed by atoms with Crippen molar-refractivity contribution in [3.05, 3.63) is 59.7 Å². The SMILES string of the molecule is CC1CCCCN1CCCNC(=O)c1ccc(CN2C(=O)CSc3ccccc32)cc1. The molecule has 2 aromatic carbocycles. The molecule has 6 heteroatoms. The van der Waals surface area contributed by atoms with Crippen LogP contribution < -0.4 is 10.2 Å². The second kappa shape index (κ2) is 10.3. The molecule has 2 aliphatic rings. The van der Waals surface area contributed by atoms with Crippen LogP contribution in [0.1, 0.15) is 48.5 Å². The van der Waals surface area contributed by atoms with E-state index in [1.54, 1.807) is 11.8 Å². The predicted octanol–water partition coefficient (Wildman–Crippen LogP) is 4.32. The van der Waals surface area contributed by atoms with Crippen molar-refractivity contribution in [2.75, 3.05) is 30.3 Å². The summed E-state index contributed by atoms with van der Waals surface area (Å²) in [6.45, 7) is 5.74. The van der Waals surface area contributed by atoms with Crippen LogP contribution in [0.25, 0.3) is 0 Å². The van der Waals surface area contributed by atoms with E-state index >= 15 is 0 Å². The number of carbonyl (C=O) groups is 2.